The maximum Gasteiger partial charge on any atom is 0.317 e. The first-order valence-corrected chi connectivity index (χ1v) is 6.87. The second-order valence-corrected chi connectivity index (χ2v) is 4.69. The lowest BCUT2D eigenvalue weighted by Gasteiger charge is -2.19. The van der Waals surface area contributed by atoms with Gasteiger partial charge in [-0.3, -0.25) is 0 Å². The zero-order valence-corrected chi connectivity index (χ0v) is 10.6. The number of rotatable bonds is 7. The van der Waals surface area contributed by atoms with Crippen LogP contribution in [0.15, 0.2) is 0 Å². The lowest BCUT2D eigenvalue weighted by Crippen LogP contribution is -2.38. The second-order valence-electron chi connectivity index (χ2n) is 4.69. The average molecular weight is 226 g/mol. The van der Waals surface area contributed by atoms with Gasteiger partial charge in [-0.15, -0.1) is 0 Å². The van der Waals surface area contributed by atoms with Crippen molar-refractivity contribution in [2.24, 2.45) is 0 Å². The molecular formula is C13H26N2O. The van der Waals surface area contributed by atoms with Crippen molar-refractivity contribution < 1.29 is 4.79 Å². The Balaban J connectivity index is 2.04. The Labute approximate surface area is 99.6 Å². The van der Waals surface area contributed by atoms with E-state index in [2.05, 4.69) is 12.2 Å². The quantitative estimate of drug-likeness (QED) is 0.664. The van der Waals surface area contributed by atoms with E-state index in [-0.39, 0.29) is 6.03 Å². The van der Waals surface area contributed by atoms with E-state index >= 15 is 0 Å². The van der Waals surface area contributed by atoms with Gasteiger partial charge in [-0.1, -0.05) is 39.0 Å². The molecule has 0 aromatic rings. The summed E-state index contributed by atoms with van der Waals surface area (Å²) >= 11 is 0. The van der Waals surface area contributed by atoms with E-state index in [9.17, 15) is 4.79 Å². The van der Waals surface area contributed by atoms with Crippen LogP contribution >= 0.6 is 0 Å². The number of amides is 2. The van der Waals surface area contributed by atoms with E-state index in [0.29, 0.717) is 0 Å². The summed E-state index contributed by atoms with van der Waals surface area (Å²) in [7, 11) is 0. The van der Waals surface area contributed by atoms with Gasteiger partial charge in [-0.05, 0) is 19.3 Å². The Morgan fingerprint density at radius 1 is 1.12 bits per heavy atom. The summed E-state index contributed by atoms with van der Waals surface area (Å²) < 4.78 is 0. The Hall–Kier alpha value is -0.730. The topological polar surface area (TPSA) is 32.3 Å². The molecule has 16 heavy (non-hydrogen) atoms. The lowest BCUT2D eigenvalue weighted by molar-refractivity contribution is 0.201. The summed E-state index contributed by atoms with van der Waals surface area (Å²) in [5.41, 5.74) is 0. The fourth-order valence-corrected chi connectivity index (χ4v) is 2.13. The van der Waals surface area contributed by atoms with Gasteiger partial charge in [0.05, 0.1) is 0 Å². The molecule has 1 rings (SSSR count). The number of unbranched alkanes of at least 4 members (excludes halogenated alkanes) is 5. The molecular weight excluding hydrogens is 200 g/mol. The minimum absolute atomic E-state index is 0.144. The smallest absolute Gasteiger partial charge is 0.317 e. The van der Waals surface area contributed by atoms with Gasteiger partial charge in [-0.25, -0.2) is 4.79 Å². The highest BCUT2D eigenvalue weighted by atomic mass is 16.2. The molecule has 0 aliphatic carbocycles. The molecule has 1 aliphatic heterocycles. The SMILES string of the molecule is CCCCCCCCN1CCCCNC1=O. The summed E-state index contributed by atoms with van der Waals surface area (Å²) in [4.78, 5) is 13.6. The van der Waals surface area contributed by atoms with Crippen LogP contribution < -0.4 is 5.32 Å². The van der Waals surface area contributed by atoms with Crippen LogP contribution in [0.25, 0.3) is 0 Å². The van der Waals surface area contributed by atoms with Crippen molar-refractivity contribution in [1.82, 2.24) is 10.2 Å². The van der Waals surface area contributed by atoms with E-state index in [0.717, 1.165) is 38.9 Å². The van der Waals surface area contributed by atoms with Crippen molar-refractivity contribution in [3.05, 3.63) is 0 Å². The molecule has 0 bridgehead atoms. The minimum atomic E-state index is 0.144. The van der Waals surface area contributed by atoms with Crippen LogP contribution in [-0.4, -0.2) is 30.6 Å². The summed E-state index contributed by atoms with van der Waals surface area (Å²) in [6, 6.07) is 0.144. The van der Waals surface area contributed by atoms with Gasteiger partial charge < -0.3 is 10.2 Å². The van der Waals surface area contributed by atoms with Crippen LogP contribution in [0.5, 0.6) is 0 Å². The third-order valence-electron chi connectivity index (χ3n) is 3.20. The zero-order valence-electron chi connectivity index (χ0n) is 10.6. The number of nitrogens with zero attached hydrogens (tertiary/aromatic N) is 1. The number of carbonyl (C=O) groups is 1. The highest BCUT2D eigenvalue weighted by Gasteiger charge is 2.14. The normalized spacial score (nSPS) is 17.1. The van der Waals surface area contributed by atoms with Gasteiger partial charge in [-0.2, -0.15) is 0 Å². The highest BCUT2D eigenvalue weighted by molar-refractivity contribution is 5.74. The maximum atomic E-state index is 11.6. The van der Waals surface area contributed by atoms with Crippen molar-refractivity contribution in [3.63, 3.8) is 0 Å². The zero-order chi connectivity index (χ0) is 11.6. The van der Waals surface area contributed by atoms with E-state index in [4.69, 9.17) is 0 Å². The first kappa shape index (κ1) is 13.3. The summed E-state index contributed by atoms with van der Waals surface area (Å²) in [5, 5.41) is 2.94. The van der Waals surface area contributed by atoms with Gasteiger partial charge in [0, 0.05) is 19.6 Å². The molecule has 0 spiro atoms. The predicted octanol–water partition coefficient (Wildman–Crippen LogP) is 3.15. The summed E-state index contributed by atoms with van der Waals surface area (Å²) in [5.74, 6) is 0. The largest absolute Gasteiger partial charge is 0.338 e. The summed E-state index contributed by atoms with van der Waals surface area (Å²) in [6.07, 6.45) is 10.0. The van der Waals surface area contributed by atoms with Crippen LogP contribution in [0.1, 0.15) is 58.3 Å². The molecule has 1 aliphatic rings. The monoisotopic (exact) mass is 226 g/mol. The van der Waals surface area contributed by atoms with Crippen LogP contribution in [0, 0.1) is 0 Å². The Kier molecular flexibility index (Phi) is 7.02. The molecule has 0 aromatic carbocycles. The third-order valence-corrected chi connectivity index (χ3v) is 3.20. The molecule has 1 saturated heterocycles. The Morgan fingerprint density at radius 2 is 1.88 bits per heavy atom. The van der Waals surface area contributed by atoms with Gasteiger partial charge in [0.25, 0.3) is 0 Å². The second kappa shape index (κ2) is 8.43. The van der Waals surface area contributed by atoms with Crippen molar-refractivity contribution in [2.45, 2.75) is 58.3 Å². The molecule has 2 amide bonds. The van der Waals surface area contributed by atoms with Crippen molar-refractivity contribution >= 4 is 6.03 Å². The van der Waals surface area contributed by atoms with E-state index in [1.54, 1.807) is 0 Å². The first-order valence-electron chi connectivity index (χ1n) is 6.87. The minimum Gasteiger partial charge on any atom is -0.338 e. The van der Waals surface area contributed by atoms with E-state index < -0.39 is 0 Å². The van der Waals surface area contributed by atoms with Gasteiger partial charge in [0.1, 0.15) is 0 Å². The Bertz CT molecular complexity index is 194. The number of nitrogens with one attached hydrogen (secondary N) is 1. The molecule has 0 aromatic heterocycles. The number of carbonyl (C=O) groups excluding carboxylic acids is 1. The van der Waals surface area contributed by atoms with E-state index in [1.165, 1.54) is 32.1 Å². The molecule has 3 nitrogen and oxygen atoms in total. The molecule has 94 valence electrons. The van der Waals surface area contributed by atoms with Gasteiger partial charge in [0.2, 0.25) is 0 Å². The Morgan fingerprint density at radius 3 is 2.69 bits per heavy atom. The standard InChI is InChI=1S/C13H26N2O/c1-2-3-4-5-6-8-11-15-12-9-7-10-14-13(15)16/h2-12H2,1H3,(H,14,16). The van der Waals surface area contributed by atoms with Crippen LogP contribution in [0.2, 0.25) is 0 Å². The van der Waals surface area contributed by atoms with Crippen LogP contribution in [0.3, 0.4) is 0 Å². The van der Waals surface area contributed by atoms with Crippen molar-refractivity contribution in [3.8, 4) is 0 Å². The van der Waals surface area contributed by atoms with Crippen molar-refractivity contribution in [1.29, 1.82) is 0 Å². The number of urea groups is 1. The van der Waals surface area contributed by atoms with Crippen molar-refractivity contribution in [2.75, 3.05) is 19.6 Å². The maximum absolute atomic E-state index is 11.6. The summed E-state index contributed by atoms with van der Waals surface area (Å²) in [6.45, 7) is 4.98. The van der Waals surface area contributed by atoms with E-state index in [1.807, 2.05) is 4.90 Å². The van der Waals surface area contributed by atoms with Gasteiger partial charge in [0.15, 0.2) is 0 Å². The predicted molar refractivity (Wildman–Crippen MR) is 67.6 cm³/mol. The molecule has 0 atom stereocenters. The molecule has 0 radical (unpaired) electrons. The molecule has 0 saturated carbocycles. The highest BCUT2D eigenvalue weighted by Crippen LogP contribution is 2.07. The third kappa shape index (κ3) is 5.38. The van der Waals surface area contributed by atoms with Crippen LogP contribution in [-0.2, 0) is 0 Å². The molecule has 1 fully saturated rings. The molecule has 0 unspecified atom stereocenters. The lowest BCUT2D eigenvalue weighted by atomic mass is 10.1. The fourth-order valence-electron chi connectivity index (χ4n) is 2.13. The first-order chi connectivity index (χ1) is 7.84. The molecule has 3 heteroatoms. The van der Waals surface area contributed by atoms with Crippen LogP contribution in [0.4, 0.5) is 4.79 Å². The average Bonchev–Trinajstić information content (AvgIpc) is 2.49. The van der Waals surface area contributed by atoms with Gasteiger partial charge >= 0.3 is 6.03 Å². The number of hydrogen-bond donors (Lipinski definition) is 1. The fraction of sp³-hybridized carbons (Fsp3) is 0.923. The molecule has 1 heterocycles. The molecule has 1 N–H and O–H groups in total. The number of hydrogen-bond acceptors (Lipinski definition) is 1.